The van der Waals surface area contributed by atoms with Gasteiger partial charge in [0, 0.05) is 16.7 Å². The highest BCUT2D eigenvalue weighted by Gasteiger charge is 2.12. The average molecular weight is 323 g/mol. The summed E-state index contributed by atoms with van der Waals surface area (Å²) in [5.74, 6) is -0.223. The van der Waals surface area contributed by atoms with Crippen molar-refractivity contribution in [2.24, 2.45) is 5.73 Å². The SMILES string of the molecule is Cc1cc(F)ccc1C(CN)Nc1cccc(Br)c1. The number of rotatable bonds is 4. The van der Waals surface area contributed by atoms with Gasteiger partial charge in [0.1, 0.15) is 5.82 Å². The second-order valence-corrected chi connectivity index (χ2v) is 5.36. The van der Waals surface area contributed by atoms with Crippen LogP contribution in [0.25, 0.3) is 0 Å². The van der Waals surface area contributed by atoms with E-state index in [-0.39, 0.29) is 11.9 Å². The molecule has 2 aromatic carbocycles. The van der Waals surface area contributed by atoms with Gasteiger partial charge in [0.15, 0.2) is 0 Å². The molecule has 2 rings (SSSR count). The Balaban J connectivity index is 2.25. The predicted molar refractivity (Wildman–Crippen MR) is 80.7 cm³/mol. The van der Waals surface area contributed by atoms with Crippen LogP contribution in [0.1, 0.15) is 17.2 Å². The Labute approximate surface area is 121 Å². The van der Waals surface area contributed by atoms with E-state index < -0.39 is 0 Å². The molecule has 0 aliphatic heterocycles. The minimum Gasteiger partial charge on any atom is -0.377 e. The Morgan fingerprint density at radius 1 is 1.26 bits per heavy atom. The van der Waals surface area contributed by atoms with Gasteiger partial charge in [0.05, 0.1) is 6.04 Å². The van der Waals surface area contributed by atoms with Crippen LogP contribution >= 0.6 is 15.9 Å². The van der Waals surface area contributed by atoms with Crippen molar-refractivity contribution in [1.82, 2.24) is 0 Å². The fraction of sp³-hybridized carbons (Fsp3) is 0.200. The summed E-state index contributed by atoms with van der Waals surface area (Å²) < 4.78 is 14.1. The lowest BCUT2D eigenvalue weighted by atomic mass is 10.0. The van der Waals surface area contributed by atoms with Gasteiger partial charge in [-0.25, -0.2) is 4.39 Å². The molecule has 0 aromatic heterocycles. The Bertz CT molecular complexity index is 572. The number of hydrogen-bond donors (Lipinski definition) is 2. The third kappa shape index (κ3) is 3.55. The van der Waals surface area contributed by atoms with Crippen LogP contribution in [0.4, 0.5) is 10.1 Å². The molecule has 19 heavy (non-hydrogen) atoms. The highest BCUT2D eigenvalue weighted by Crippen LogP contribution is 2.24. The van der Waals surface area contributed by atoms with Crippen LogP contribution < -0.4 is 11.1 Å². The van der Waals surface area contributed by atoms with Crippen LogP contribution in [0.3, 0.4) is 0 Å². The number of hydrogen-bond acceptors (Lipinski definition) is 2. The highest BCUT2D eigenvalue weighted by atomic mass is 79.9. The monoisotopic (exact) mass is 322 g/mol. The van der Waals surface area contributed by atoms with Gasteiger partial charge in [0.2, 0.25) is 0 Å². The largest absolute Gasteiger partial charge is 0.377 e. The molecular formula is C15H16BrFN2. The average Bonchev–Trinajstić information content (AvgIpc) is 2.37. The fourth-order valence-electron chi connectivity index (χ4n) is 2.07. The van der Waals surface area contributed by atoms with Crippen LogP contribution in [0.5, 0.6) is 0 Å². The first kappa shape index (κ1) is 14.0. The van der Waals surface area contributed by atoms with Crippen molar-refractivity contribution in [3.05, 3.63) is 63.9 Å². The summed E-state index contributed by atoms with van der Waals surface area (Å²) in [5.41, 5.74) is 8.73. The Morgan fingerprint density at radius 2 is 2.05 bits per heavy atom. The van der Waals surface area contributed by atoms with Crippen LogP contribution in [0.15, 0.2) is 46.9 Å². The van der Waals surface area contributed by atoms with Crippen molar-refractivity contribution < 1.29 is 4.39 Å². The maximum atomic E-state index is 13.1. The van der Waals surface area contributed by atoms with E-state index >= 15 is 0 Å². The summed E-state index contributed by atoms with van der Waals surface area (Å²) in [6.07, 6.45) is 0. The molecule has 2 nitrogen and oxygen atoms in total. The standard InChI is InChI=1S/C15H16BrFN2/c1-10-7-12(17)5-6-14(10)15(9-18)19-13-4-2-3-11(16)8-13/h2-8,15,19H,9,18H2,1H3. The Hall–Kier alpha value is -1.39. The lowest BCUT2D eigenvalue weighted by Gasteiger charge is -2.20. The zero-order chi connectivity index (χ0) is 13.8. The summed E-state index contributed by atoms with van der Waals surface area (Å²) in [6.45, 7) is 2.34. The molecule has 0 spiro atoms. The van der Waals surface area contributed by atoms with E-state index in [1.807, 2.05) is 31.2 Å². The van der Waals surface area contributed by atoms with Crippen LogP contribution in [-0.4, -0.2) is 6.54 Å². The number of nitrogens with two attached hydrogens (primary N) is 1. The van der Waals surface area contributed by atoms with Gasteiger partial charge in [-0.15, -0.1) is 0 Å². The molecule has 0 saturated carbocycles. The molecule has 1 atom stereocenters. The predicted octanol–water partition coefficient (Wildman–Crippen LogP) is 4.01. The second-order valence-electron chi connectivity index (χ2n) is 4.44. The first-order valence-electron chi connectivity index (χ1n) is 6.08. The third-order valence-electron chi connectivity index (χ3n) is 3.01. The zero-order valence-corrected chi connectivity index (χ0v) is 12.2. The lowest BCUT2D eigenvalue weighted by Crippen LogP contribution is -2.21. The van der Waals surface area contributed by atoms with Crippen molar-refractivity contribution in [2.45, 2.75) is 13.0 Å². The van der Waals surface area contributed by atoms with Gasteiger partial charge in [-0.05, 0) is 48.4 Å². The first-order chi connectivity index (χ1) is 9.10. The molecule has 2 aromatic rings. The van der Waals surface area contributed by atoms with E-state index in [1.165, 1.54) is 12.1 Å². The number of nitrogens with one attached hydrogen (secondary N) is 1. The smallest absolute Gasteiger partial charge is 0.123 e. The third-order valence-corrected chi connectivity index (χ3v) is 3.50. The number of aryl methyl sites for hydroxylation is 1. The van der Waals surface area contributed by atoms with E-state index in [0.717, 1.165) is 21.3 Å². The molecule has 0 radical (unpaired) electrons. The van der Waals surface area contributed by atoms with Gasteiger partial charge < -0.3 is 11.1 Å². The van der Waals surface area contributed by atoms with E-state index in [1.54, 1.807) is 6.07 Å². The molecule has 0 aliphatic carbocycles. The summed E-state index contributed by atoms with van der Waals surface area (Å²) in [5, 5.41) is 3.37. The van der Waals surface area contributed by atoms with Gasteiger partial charge in [-0.1, -0.05) is 28.1 Å². The normalized spacial score (nSPS) is 12.2. The number of halogens is 2. The Kier molecular flexibility index (Phi) is 4.56. The van der Waals surface area contributed by atoms with Gasteiger partial charge in [0.25, 0.3) is 0 Å². The summed E-state index contributed by atoms with van der Waals surface area (Å²) >= 11 is 3.43. The van der Waals surface area contributed by atoms with Gasteiger partial charge in [-0.3, -0.25) is 0 Å². The minimum atomic E-state index is -0.223. The van der Waals surface area contributed by atoms with Crippen LogP contribution in [-0.2, 0) is 0 Å². The Morgan fingerprint density at radius 3 is 2.68 bits per heavy atom. The van der Waals surface area contributed by atoms with Crippen molar-refractivity contribution in [2.75, 3.05) is 11.9 Å². The molecule has 100 valence electrons. The minimum absolute atomic E-state index is 0.0325. The second kappa shape index (κ2) is 6.17. The summed E-state index contributed by atoms with van der Waals surface area (Å²) in [4.78, 5) is 0. The first-order valence-corrected chi connectivity index (χ1v) is 6.87. The summed E-state index contributed by atoms with van der Waals surface area (Å²) in [6, 6.07) is 12.6. The van der Waals surface area contributed by atoms with Crippen molar-refractivity contribution in [1.29, 1.82) is 0 Å². The van der Waals surface area contributed by atoms with Crippen LogP contribution in [0.2, 0.25) is 0 Å². The van der Waals surface area contributed by atoms with E-state index in [4.69, 9.17) is 5.73 Å². The quantitative estimate of drug-likeness (QED) is 0.892. The van der Waals surface area contributed by atoms with Crippen LogP contribution in [0, 0.1) is 12.7 Å². The molecule has 0 fully saturated rings. The molecule has 0 amide bonds. The zero-order valence-electron chi connectivity index (χ0n) is 10.7. The van der Waals surface area contributed by atoms with E-state index in [0.29, 0.717) is 6.54 Å². The molecule has 4 heteroatoms. The molecule has 3 N–H and O–H groups in total. The maximum Gasteiger partial charge on any atom is 0.123 e. The molecule has 0 saturated heterocycles. The highest BCUT2D eigenvalue weighted by molar-refractivity contribution is 9.10. The summed E-state index contributed by atoms with van der Waals surface area (Å²) in [7, 11) is 0. The fourth-order valence-corrected chi connectivity index (χ4v) is 2.47. The molecular weight excluding hydrogens is 307 g/mol. The van der Waals surface area contributed by atoms with Crippen molar-refractivity contribution in [3.8, 4) is 0 Å². The van der Waals surface area contributed by atoms with E-state index in [9.17, 15) is 4.39 Å². The van der Waals surface area contributed by atoms with Crippen molar-refractivity contribution in [3.63, 3.8) is 0 Å². The topological polar surface area (TPSA) is 38.0 Å². The number of anilines is 1. The van der Waals surface area contributed by atoms with E-state index in [2.05, 4.69) is 21.2 Å². The molecule has 0 aliphatic rings. The maximum absolute atomic E-state index is 13.1. The number of benzene rings is 2. The van der Waals surface area contributed by atoms with Crippen molar-refractivity contribution >= 4 is 21.6 Å². The van der Waals surface area contributed by atoms with Gasteiger partial charge in [-0.2, -0.15) is 0 Å². The van der Waals surface area contributed by atoms with Gasteiger partial charge >= 0.3 is 0 Å². The lowest BCUT2D eigenvalue weighted by molar-refractivity contribution is 0.624. The molecule has 0 heterocycles. The molecule has 0 bridgehead atoms. The molecule has 1 unspecified atom stereocenters.